The van der Waals surface area contributed by atoms with Gasteiger partial charge in [0, 0.05) is 31.7 Å². The largest absolute Gasteiger partial charge is 0.492 e. The van der Waals surface area contributed by atoms with Crippen LogP contribution in [0.5, 0.6) is 11.5 Å². The van der Waals surface area contributed by atoms with E-state index in [1.54, 1.807) is 0 Å². The first kappa shape index (κ1) is 26.8. The summed E-state index contributed by atoms with van der Waals surface area (Å²) in [7, 11) is 0. The van der Waals surface area contributed by atoms with Crippen LogP contribution in [0.15, 0.2) is 42.5 Å². The summed E-state index contributed by atoms with van der Waals surface area (Å²) in [4.78, 5) is 4.73. The molecule has 0 amide bonds. The number of rotatable bonds is 11. The van der Waals surface area contributed by atoms with Crippen LogP contribution in [0.4, 0.5) is 0 Å². The molecule has 1 N–H and O–H groups in total. The third kappa shape index (κ3) is 7.88. The molecule has 0 aromatic heterocycles. The highest BCUT2D eigenvalue weighted by Gasteiger charge is 2.34. The van der Waals surface area contributed by atoms with Crippen molar-refractivity contribution in [3.8, 4) is 11.5 Å². The Kier molecular flexibility index (Phi) is 9.66. The highest BCUT2D eigenvalue weighted by molar-refractivity contribution is 6.32. The molecule has 0 spiro atoms. The van der Waals surface area contributed by atoms with E-state index < -0.39 is 5.60 Å². The number of piperidine rings is 1. The molecule has 34 heavy (non-hydrogen) atoms. The maximum atomic E-state index is 11.2. The summed E-state index contributed by atoms with van der Waals surface area (Å²) in [6.45, 7) is 15.1. The lowest BCUT2D eigenvalue weighted by atomic mass is 9.93. The third-order valence-corrected chi connectivity index (χ3v) is 6.80. The fourth-order valence-corrected chi connectivity index (χ4v) is 4.90. The van der Waals surface area contributed by atoms with Crippen LogP contribution in [0.25, 0.3) is 0 Å². The van der Waals surface area contributed by atoms with Gasteiger partial charge in [0.2, 0.25) is 0 Å². The highest BCUT2D eigenvalue weighted by Crippen LogP contribution is 2.29. The van der Waals surface area contributed by atoms with E-state index in [0.29, 0.717) is 36.0 Å². The van der Waals surface area contributed by atoms with Crippen molar-refractivity contribution in [1.82, 2.24) is 9.80 Å². The number of aliphatic hydroxyl groups is 1. The van der Waals surface area contributed by atoms with Crippen molar-refractivity contribution in [2.24, 2.45) is 0 Å². The Bertz CT molecular complexity index is 895. The number of nitrogens with zero attached hydrogens (tertiary/aromatic N) is 2. The summed E-state index contributed by atoms with van der Waals surface area (Å²) >= 11 is 6.25. The van der Waals surface area contributed by atoms with Crippen LogP contribution in [-0.2, 0) is 6.54 Å². The van der Waals surface area contributed by atoms with Crippen molar-refractivity contribution in [1.29, 1.82) is 0 Å². The van der Waals surface area contributed by atoms with Crippen molar-refractivity contribution >= 4 is 11.6 Å². The van der Waals surface area contributed by atoms with E-state index in [0.717, 1.165) is 43.8 Å². The van der Waals surface area contributed by atoms with Crippen molar-refractivity contribution in [3.63, 3.8) is 0 Å². The first-order valence-corrected chi connectivity index (χ1v) is 12.8. The maximum absolute atomic E-state index is 11.2. The van der Waals surface area contributed by atoms with Crippen molar-refractivity contribution < 1.29 is 14.6 Å². The fraction of sp³-hybridized carbons (Fsp3) is 0.571. The minimum absolute atomic E-state index is 0.239. The Balaban J connectivity index is 1.49. The van der Waals surface area contributed by atoms with Crippen molar-refractivity contribution in [2.75, 3.05) is 32.8 Å². The van der Waals surface area contributed by atoms with Gasteiger partial charge < -0.3 is 14.6 Å². The number of hydrogen-bond donors (Lipinski definition) is 1. The van der Waals surface area contributed by atoms with Crippen LogP contribution in [0.2, 0.25) is 5.02 Å². The molecule has 1 atom stereocenters. The van der Waals surface area contributed by atoms with Crippen LogP contribution in [0.3, 0.4) is 0 Å². The van der Waals surface area contributed by atoms with Gasteiger partial charge in [0.25, 0.3) is 0 Å². The van der Waals surface area contributed by atoms with E-state index in [2.05, 4.69) is 49.6 Å². The minimum atomic E-state index is -0.882. The average molecular weight is 489 g/mol. The Morgan fingerprint density at radius 2 is 1.76 bits per heavy atom. The predicted octanol–water partition coefficient (Wildman–Crippen LogP) is 5.55. The summed E-state index contributed by atoms with van der Waals surface area (Å²) in [6.07, 6.45) is 1.66. The molecule has 1 heterocycles. The number of β-amino-alcohol motifs (C(OH)–C–C–N with tert-alkyl or cyclic N) is 1. The molecule has 0 unspecified atom stereocenters. The molecular formula is C28H41ClN2O3. The predicted molar refractivity (Wildman–Crippen MR) is 140 cm³/mol. The van der Waals surface area contributed by atoms with Crippen LogP contribution in [-0.4, -0.2) is 65.4 Å². The number of ether oxygens (including phenoxy) is 2. The molecule has 2 aromatic rings. The first-order chi connectivity index (χ1) is 16.1. The van der Waals surface area contributed by atoms with Crippen molar-refractivity contribution in [2.45, 2.75) is 71.7 Å². The molecule has 0 bridgehead atoms. The van der Waals surface area contributed by atoms with Crippen molar-refractivity contribution in [3.05, 3.63) is 58.6 Å². The molecule has 3 rings (SSSR count). The number of aryl methyl sites for hydroxylation is 1. The molecular weight excluding hydrogens is 448 g/mol. The molecule has 1 aliphatic heterocycles. The smallest absolute Gasteiger partial charge is 0.138 e. The third-order valence-electron chi connectivity index (χ3n) is 6.49. The highest BCUT2D eigenvalue weighted by atomic mass is 35.5. The number of halogens is 1. The molecule has 2 aromatic carbocycles. The van der Waals surface area contributed by atoms with Gasteiger partial charge in [0.05, 0.1) is 5.02 Å². The second kappa shape index (κ2) is 12.3. The Hall–Kier alpha value is -1.79. The van der Waals surface area contributed by atoms with Gasteiger partial charge in [-0.2, -0.15) is 0 Å². The Labute approximate surface area is 210 Å². The fourth-order valence-electron chi connectivity index (χ4n) is 4.72. The molecule has 5 nitrogen and oxygen atoms in total. The van der Waals surface area contributed by atoms with E-state index in [1.165, 1.54) is 5.56 Å². The topological polar surface area (TPSA) is 45.2 Å². The summed E-state index contributed by atoms with van der Waals surface area (Å²) in [5, 5.41) is 11.7. The minimum Gasteiger partial charge on any atom is -0.492 e. The maximum Gasteiger partial charge on any atom is 0.138 e. The summed E-state index contributed by atoms with van der Waals surface area (Å²) in [5.41, 5.74) is 1.42. The first-order valence-electron chi connectivity index (χ1n) is 12.5. The zero-order chi connectivity index (χ0) is 24.7. The van der Waals surface area contributed by atoms with E-state index >= 15 is 0 Å². The van der Waals surface area contributed by atoms with Gasteiger partial charge in [0.1, 0.15) is 30.3 Å². The van der Waals surface area contributed by atoms with E-state index in [4.69, 9.17) is 21.1 Å². The average Bonchev–Trinajstić information content (AvgIpc) is 2.78. The molecule has 188 valence electrons. The second-order valence-electron chi connectivity index (χ2n) is 10.2. The standard InChI is InChI=1S/C28H41ClN2O3/c1-21(2)31(22(3)4)15-16-33-25-10-8-24(9-11-25)18-30-14-6-13-28(32,19-30)20-34-27-17-23(5)7-12-26(27)29/h7-12,17,21-22,32H,6,13-16,18-20H2,1-5H3/t28-/m1/s1. The monoisotopic (exact) mass is 488 g/mol. The SMILES string of the molecule is Cc1ccc(Cl)c(OC[C@@]2(O)CCCN(Cc3ccc(OCCN(C(C)C)C(C)C)cc3)C2)c1. The zero-order valence-corrected chi connectivity index (χ0v) is 22.1. The van der Waals surface area contributed by atoms with Crippen LogP contribution in [0.1, 0.15) is 51.7 Å². The van der Waals surface area contributed by atoms with Crippen LogP contribution in [0, 0.1) is 6.92 Å². The molecule has 0 saturated carbocycles. The van der Waals surface area contributed by atoms with Gasteiger partial charge in [-0.3, -0.25) is 9.80 Å². The van der Waals surface area contributed by atoms with Gasteiger partial charge >= 0.3 is 0 Å². The molecule has 0 aliphatic carbocycles. The van der Waals surface area contributed by atoms with Gasteiger partial charge in [-0.25, -0.2) is 0 Å². The Morgan fingerprint density at radius 1 is 1.06 bits per heavy atom. The van der Waals surface area contributed by atoms with Gasteiger partial charge in [-0.05, 0) is 89.4 Å². The van der Waals surface area contributed by atoms with Gasteiger partial charge in [0.15, 0.2) is 0 Å². The zero-order valence-electron chi connectivity index (χ0n) is 21.4. The summed E-state index contributed by atoms with van der Waals surface area (Å²) in [5.74, 6) is 1.53. The summed E-state index contributed by atoms with van der Waals surface area (Å²) in [6, 6.07) is 15.0. The molecule has 1 fully saturated rings. The van der Waals surface area contributed by atoms with Crippen LogP contribution < -0.4 is 9.47 Å². The molecule has 1 aliphatic rings. The van der Waals surface area contributed by atoms with Gasteiger partial charge in [-0.1, -0.05) is 29.8 Å². The lowest BCUT2D eigenvalue weighted by Gasteiger charge is -2.39. The Morgan fingerprint density at radius 3 is 2.44 bits per heavy atom. The van der Waals surface area contributed by atoms with Crippen LogP contribution >= 0.6 is 11.6 Å². The second-order valence-corrected chi connectivity index (χ2v) is 10.6. The summed E-state index contributed by atoms with van der Waals surface area (Å²) < 4.78 is 11.9. The number of hydrogen-bond acceptors (Lipinski definition) is 5. The quantitative estimate of drug-likeness (QED) is 0.449. The van der Waals surface area contributed by atoms with E-state index in [9.17, 15) is 5.11 Å². The molecule has 1 saturated heterocycles. The normalized spacial score (nSPS) is 19.2. The van der Waals surface area contributed by atoms with E-state index in [-0.39, 0.29) is 6.61 Å². The lowest BCUT2D eigenvalue weighted by molar-refractivity contribution is -0.0620. The number of likely N-dealkylation sites (tertiary alicyclic amines) is 1. The number of benzene rings is 2. The molecule has 6 heteroatoms. The van der Waals surface area contributed by atoms with Gasteiger partial charge in [-0.15, -0.1) is 0 Å². The molecule has 0 radical (unpaired) electrons. The van der Waals surface area contributed by atoms with E-state index in [1.807, 2.05) is 37.3 Å². The lowest BCUT2D eigenvalue weighted by Crippen LogP contribution is -2.51.